The molecule has 0 aliphatic carbocycles. The van der Waals surface area contributed by atoms with Crippen molar-refractivity contribution in [2.45, 2.75) is 25.4 Å². The molecule has 0 bridgehead atoms. The summed E-state index contributed by atoms with van der Waals surface area (Å²) in [4.78, 5) is 11.9. The second-order valence-electron chi connectivity index (χ2n) is 7.58. The second kappa shape index (κ2) is 8.72. The van der Waals surface area contributed by atoms with Crippen molar-refractivity contribution in [2.75, 3.05) is 51.3 Å². The van der Waals surface area contributed by atoms with Crippen molar-refractivity contribution >= 4 is 5.69 Å². The van der Waals surface area contributed by atoms with E-state index in [4.69, 9.17) is 4.74 Å². The zero-order valence-corrected chi connectivity index (χ0v) is 16.3. The van der Waals surface area contributed by atoms with Crippen LogP contribution in [-0.2, 0) is 6.54 Å². The van der Waals surface area contributed by atoms with Gasteiger partial charge >= 0.3 is 0 Å². The lowest BCUT2D eigenvalue weighted by Gasteiger charge is -2.44. The Morgan fingerprint density at radius 2 is 1.78 bits per heavy atom. The second-order valence-corrected chi connectivity index (χ2v) is 7.58. The van der Waals surface area contributed by atoms with Gasteiger partial charge in [-0.25, -0.2) is 0 Å². The first-order valence-corrected chi connectivity index (χ1v) is 10.1. The average molecular weight is 367 g/mol. The highest BCUT2D eigenvalue weighted by Gasteiger charge is 2.28. The molecule has 0 spiro atoms. The number of rotatable bonds is 5. The molecular weight excluding hydrogens is 336 g/mol. The number of aromatic nitrogens is 1. The zero-order chi connectivity index (χ0) is 18.5. The summed E-state index contributed by atoms with van der Waals surface area (Å²) in [6.07, 6.45) is 6.41. The fourth-order valence-electron chi connectivity index (χ4n) is 4.44. The van der Waals surface area contributed by atoms with Crippen molar-refractivity contribution in [3.05, 3.63) is 54.4 Å². The fraction of sp³-hybridized carbons (Fsp3) is 0.500. The Balaban J connectivity index is 1.32. The summed E-state index contributed by atoms with van der Waals surface area (Å²) in [5.41, 5.74) is 2.59. The van der Waals surface area contributed by atoms with Crippen LogP contribution in [0.3, 0.4) is 0 Å². The number of hydrogen-bond acceptors (Lipinski definition) is 5. The first-order chi connectivity index (χ1) is 13.3. The normalized spacial score (nSPS) is 22.0. The maximum atomic E-state index is 5.55. The number of ether oxygens (including phenoxy) is 1. The molecule has 4 rings (SSSR count). The molecule has 5 heteroatoms. The molecule has 0 unspecified atom stereocenters. The van der Waals surface area contributed by atoms with E-state index in [-0.39, 0.29) is 0 Å². The molecule has 0 amide bonds. The molecular formula is C22H30N4O. The molecule has 2 aromatic rings. The number of anilines is 1. The van der Waals surface area contributed by atoms with E-state index in [0.717, 1.165) is 38.5 Å². The van der Waals surface area contributed by atoms with E-state index >= 15 is 0 Å². The molecule has 2 aliphatic heterocycles. The lowest BCUT2D eigenvalue weighted by atomic mass is 10.0. The summed E-state index contributed by atoms with van der Waals surface area (Å²) in [6.45, 7) is 7.83. The highest BCUT2D eigenvalue weighted by Crippen LogP contribution is 2.29. The Bertz CT molecular complexity index is 715. The maximum absolute atomic E-state index is 5.55. The number of piperidine rings is 1. The first-order valence-electron chi connectivity index (χ1n) is 10.1. The number of nitrogens with zero attached hydrogens (tertiary/aromatic N) is 4. The standard InChI is InChI=1S/C22H30N4O/c1-27-22-7-3-2-6-21(22)26-15-13-25(14-16-26)20-5-4-12-24(18-20)17-19-8-10-23-11-9-19/h2-3,6-11,20H,4-5,12-18H2,1H3/t20-/m0/s1. The molecule has 27 heavy (non-hydrogen) atoms. The third kappa shape index (κ3) is 4.42. The topological polar surface area (TPSA) is 31.8 Å². The van der Waals surface area contributed by atoms with E-state index in [1.165, 1.54) is 37.2 Å². The van der Waals surface area contributed by atoms with Crippen molar-refractivity contribution in [2.24, 2.45) is 0 Å². The van der Waals surface area contributed by atoms with Gasteiger partial charge in [0.05, 0.1) is 12.8 Å². The highest BCUT2D eigenvalue weighted by atomic mass is 16.5. The predicted molar refractivity (Wildman–Crippen MR) is 109 cm³/mol. The smallest absolute Gasteiger partial charge is 0.142 e. The van der Waals surface area contributed by atoms with Gasteiger partial charge in [-0.2, -0.15) is 0 Å². The summed E-state index contributed by atoms with van der Waals surface area (Å²) in [7, 11) is 1.76. The minimum absolute atomic E-state index is 0.681. The lowest BCUT2D eigenvalue weighted by Crippen LogP contribution is -2.55. The van der Waals surface area contributed by atoms with Gasteiger partial charge < -0.3 is 9.64 Å². The van der Waals surface area contributed by atoms with Gasteiger partial charge in [0.15, 0.2) is 0 Å². The van der Waals surface area contributed by atoms with E-state index < -0.39 is 0 Å². The average Bonchev–Trinajstić information content (AvgIpc) is 2.75. The Morgan fingerprint density at radius 1 is 1.00 bits per heavy atom. The van der Waals surface area contributed by atoms with E-state index in [2.05, 4.69) is 50.0 Å². The van der Waals surface area contributed by atoms with Crippen LogP contribution in [0.4, 0.5) is 5.69 Å². The van der Waals surface area contributed by atoms with Crippen molar-refractivity contribution in [1.82, 2.24) is 14.8 Å². The van der Waals surface area contributed by atoms with E-state index in [1.54, 1.807) is 7.11 Å². The Morgan fingerprint density at radius 3 is 2.56 bits per heavy atom. The third-order valence-electron chi connectivity index (χ3n) is 5.89. The zero-order valence-electron chi connectivity index (χ0n) is 16.3. The summed E-state index contributed by atoms with van der Waals surface area (Å²) in [6, 6.07) is 13.3. The monoisotopic (exact) mass is 366 g/mol. The maximum Gasteiger partial charge on any atom is 0.142 e. The lowest BCUT2D eigenvalue weighted by molar-refractivity contribution is 0.0887. The number of likely N-dealkylation sites (tertiary alicyclic amines) is 1. The number of methoxy groups -OCH3 is 1. The summed E-state index contributed by atoms with van der Waals surface area (Å²) >= 11 is 0. The number of piperazine rings is 1. The number of pyridine rings is 1. The van der Waals surface area contributed by atoms with Gasteiger partial charge in [-0.15, -0.1) is 0 Å². The quantitative estimate of drug-likeness (QED) is 0.812. The Labute approximate surface area is 162 Å². The molecule has 2 aliphatic rings. The third-order valence-corrected chi connectivity index (χ3v) is 5.89. The van der Waals surface area contributed by atoms with Crippen LogP contribution in [0.2, 0.25) is 0 Å². The van der Waals surface area contributed by atoms with E-state index in [1.807, 2.05) is 18.5 Å². The van der Waals surface area contributed by atoms with Crippen LogP contribution in [0, 0.1) is 0 Å². The Kier molecular flexibility index (Phi) is 5.90. The molecule has 2 saturated heterocycles. The molecule has 1 atom stereocenters. The van der Waals surface area contributed by atoms with Crippen molar-refractivity contribution in [3.63, 3.8) is 0 Å². The molecule has 0 N–H and O–H groups in total. The molecule has 1 aromatic carbocycles. The van der Waals surface area contributed by atoms with Crippen molar-refractivity contribution in [1.29, 1.82) is 0 Å². The van der Waals surface area contributed by atoms with Gasteiger partial charge in [0.25, 0.3) is 0 Å². The van der Waals surface area contributed by atoms with E-state index in [0.29, 0.717) is 6.04 Å². The van der Waals surface area contributed by atoms with Gasteiger partial charge in [-0.3, -0.25) is 14.8 Å². The molecule has 1 aromatic heterocycles. The molecule has 2 fully saturated rings. The molecule has 3 heterocycles. The molecule has 0 radical (unpaired) electrons. The number of para-hydroxylation sites is 2. The summed E-state index contributed by atoms with van der Waals surface area (Å²) in [5, 5.41) is 0. The van der Waals surface area contributed by atoms with Crippen molar-refractivity contribution in [3.8, 4) is 5.75 Å². The van der Waals surface area contributed by atoms with Crippen LogP contribution in [0.15, 0.2) is 48.8 Å². The van der Waals surface area contributed by atoms with Crippen LogP contribution in [-0.4, -0.2) is 67.2 Å². The first kappa shape index (κ1) is 18.3. The summed E-state index contributed by atoms with van der Waals surface area (Å²) < 4.78 is 5.55. The molecule has 5 nitrogen and oxygen atoms in total. The SMILES string of the molecule is COc1ccccc1N1CCN([C@H]2CCCN(Cc3ccncc3)C2)CC1. The minimum Gasteiger partial charge on any atom is -0.495 e. The van der Waals surface area contributed by atoms with Gasteiger partial charge in [-0.1, -0.05) is 12.1 Å². The largest absolute Gasteiger partial charge is 0.495 e. The predicted octanol–water partition coefficient (Wildman–Crippen LogP) is 2.88. The van der Waals surface area contributed by atoms with Crippen LogP contribution >= 0.6 is 0 Å². The van der Waals surface area contributed by atoms with Gasteiger partial charge in [0.2, 0.25) is 0 Å². The van der Waals surface area contributed by atoms with Crippen molar-refractivity contribution < 1.29 is 4.74 Å². The summed E-state index contributed by atoms with van der Waals surface area (Å²) in [5.74, 6) is 0.979. The number of hydrogen-bond donors (Lipinski definition) is 0. The van der Waals surface area contributed by atoms with Gasteiger partial charge in [0, 0.05) is 57.7 Å². The van der Waals surface area contributed by atoms with Crippen LogP contribution in [0.1, 0.15) is 18.4 Å². The highest BCUT2D eigenvalue weighted by molar-refractivity contribution is 5.58. The van der Waals surface area contributed by atoms with Gasteiger partial charge in [0.1, 0.15) is 5.75 Å². The Hall–Kier alpha value is -2.11. The van der Waals surface area contributed by atoms with E-state index in [9.17, 15) is 0 Å². The number of benzene rings is 1. The molecule has 0 saturated carbocycles. The minimum atomic E-state index is 0.681. The van der Waals surface area contributed by atoms with Gasteiger partial charge in [-0.05, 0) is 49.2 Å². The fourth-order valence-corrected chi connectivity index (χ4v) is 4.44. The van der Waals surface area contributed by atoms with Crippen LogP contribution in [0.5, 0.6) is 5.75 Å². The van der Waals surface area contributed by atoms with Crippen LogP contribution in [0.25, 0.3) is 0 Å². The molecule has 144 valence electrons. The van der Waals surface area contributed by atoms with Crippen LogP contribution < -0.4 is 9.64 Å².